The van der Waals surface area contributed by atoms with E-state index in [0.717, 1.165) is 23.3 Å². The normalized spacial score (nSPS) is 19.7. The van der Waals surface area contributed by atoms with Crippen LogP contribution in [0.2, 0.25) is 0 Å². The molecule has 0 bridgehead atoms. The van der Waals surface area contributed by atoms with Crippen LogP contribution in [0.4, 0.5) is 0 Å². The van der Waals surface area contributed by atoms with Crippen LogP contribution >= 0.6 is 28.3 Å². The average Bonchev–Trinajstić information content (AvgIpc) is 2.70. The highest BCUT2D eigenvalue weighted by Gasteiger charge is 2.20. The zero-order valence-electron chi connectivity index (χ0n) is 8.63. The van der Waals surface area contributed by atoms with Crippen LogP contribution in [0, 0.1) is 0 Å². The first kappa shape index (κ1) is 12.8. The van der Waals surface area contributed by atoms with Gasteiger partial charge in [0.25, 0.3) is 0 Å². The van der Waals surface area contributed by atoms with Crippen molar-refractivity contribution >= 4 is 28.3 Å². The van der Waals surface area contributed by atoms with Gasteiger partial charge >= 0.3 is 0 Å². The lowest BCUT2D eigenvalue weighted by molar-refractivity contribution is 0.403. The zero-order chi connectivity index (χ0) is 9.97. The van der Waals surface area contributed by atoms with Gasteiger partial charge in [-0.3, -0.25) is 0 Å². The molecule has 1 N–H and O–H groups in total. The van der Waals surface area contributed by atoms with E-state index in [4.69, 9.17) is 4.74 Å². The highest BCUT2D eigenvalue weighted by molar-refractivity contribution is 9.10. The van der Waals surface area contributed by atoms with Crippen LogP contribution < -0.4 is 10.1 Å². The first-order chi connectivity index (χ1) is 6.83. The lowest BCUT2D eigenvalue weighted by atomic mass is 9.97. The summed E-state index contributed by atoms with van der Waals surface area (Å²) in [5.74, 6) is 1.59. The fourth-order valence-electron chi connectivity index (χ4n) is 1.98. The third kappa shape index (κ3) is 2.65. The highest BCUT2D eigenvalue weighted by atomic mass is 79.9. The Morgan fingerprint density at radius 3 is 2.87 bits per heavy atom. The largest absolute Gasteiger partial charge is 0.495 e. The van der Waals surface area contributed by atoms with E-state index in [9.17, 15) is 0 Å². The number of ether oxygens (including phenoxy) is 1. The molecule has 1 aliphatic rings. The lowest BCUT2D eigenvalue weighted by Crippen LogP contribution is -2.08. The van der Waals surface area contributed by atoms with Gasteiger partial charge < -0.3 is 10.1 Å². The van der Waals surface area contributed by atoms with Crippen LogP contribution in [0.3, 0.4) is 0 Å². The molecular formula is C11H15BrClNO. The van der Waals surface area contributed by atoms with Crippen LogP contribution in [-0.2, 0) is 0 Å². The molecule has 0 aliphatic carbocycles. The molecule has 1 atom stereocenters. The molecule has 0 spiro atoms. The van der Waals surface area contributed by atoms with Gasteiger partial charge in [-0.1, -0.05) is 12.1 Å². The maximum atomic E-state index is 5.41. The van der Waals surface area contributed by atoms with E-state index in [1.54, 1.807) is 7.11 Å². The van der Waals surface area contributed by atoms with E-state index in [0.29, 0.717) is 5.92 Å². The molecule has 0 amide bonds. The van der Waals surface area contributed by atoms with Gasteiger partial charge in [0.05, 0.1) is 11.6 Å². The number of halogens is 2. The Morgan fingerprint density at radius 2 is 2.27 bits per heavy atom. The van der Waals surface area contributed by atoms with Crippen molar-refractivity contribution in [1.29, 1.82) is 0 Å². The van der Waals surface area contributed by atoms with Crippen molar-refractivity contribution in [3.8, 4) is 5.75 Å². The molecule has 0 aromatic heterocycles. The molecule has 2 nitrogen and oxygen atoms in total. The Morgan fingerprint density at radius 1 is 1.47 bits per heavy atom. The van der Waals surface area contributed by atoms with E-state index in [2.05, 4.69) is 33.4 Å². The third-order valence-corrected chi connectivity index (χ3v) is 3.33. The number of para-hydroxylation sites is 1. The zero-order valence-corrected chi connectivity index (χ0v) is 11.0. The Labute approximate surface area is 105 Å². The summed E-state index contributed by atoms with van der Waals surface area (Å²) in [7, 11) is 1.73. The molecule has 1 aromatic rings. The van der Waals surface area contributed by atoms with Crippen LogP contribution in [0.25, 0.3) is 0 Å². The first-order valence-corrected chi connectivity index (χ1v) is 5.65. The molecule has 15 heavy (non-hydrogen) atoms. The third-order valence-electron chi connectivity index (χ3n) is 2.70. The SMILES string of the molecule is COc1c(Br)cccc1C1CCNC1.Cl. The van der Waals surface area contributed by atoms with Gasteiger partial charge in [-0.2, -0.15) is 0 Å². The molecule has 0 radical (unpaired) electrons. The minimum atomic E-state index is 0. The maximum absolute atomic E-state index is 5.41. The minimum absolute atomic E-state index is 0. The number of benzene rings is 1. The van der Waals surface area contributed by atoms with Crippen molar-refractivity contribution in [1.82, 2.24) is 5.32 Å². The van der Waals surface area contributed by atoms with Gasteiger partial charge in [0.2, 0.25) is 0 Å². The van der Waals surface area contributed by atoms with Crippen LogP contribution in [0.1, 0.15) is 17.9 Å². The van der Waals surface area contributed by atoms with E-state index in [1.807, 2.05) is 6.07 Å². The predicted octanol–water partition coefficient (Wildman–Crippen LogP) is 2.96. The van der Waals surface area contributed by atoms with Gasteiger partial charge in [0, 0.05) is 12.5 Å². The minimum Gasteiger partial charge on any atom is -0.495 e. The number of nitrogens with one attached hydrogen (secondary N) is 1. The second-order valence-corrected chi connectivity index (χ2v) is 4.41. The summed E-state index contributed by atoms with van der Waals surface area (Å²) in [5.41, 5.74) is 1.31. The second-order valence-electron chi connectivity index (χ2n) is 3.55. The van der Waals surface area contributed by atoms with Crippen molar-refractivity contribution in [2.75, 3.05) is 20.2 Å². The summed E-state index contributed by atoms with van der Waals surface area (Å²) in [5, 5.41) is 3.37. The molecule has 84 valence electrons. The number of methoxy groups -OCH3 is 1. The monoisotopic (exact) mass is 291 g/mol. The van der Waals surface area contributed by atoms with Crippen LogP contribution in [0.15, 0.2) is 22.7 Å². The van der Waals surface area contributed by atoms with Crippen molar-refractivity contribution < 1.29 is 4.74 Å². The smallest absolute Gasteiger partial charge is 0.136 e. The molecular weight excluding hydrogens is 277 g/mol. The van der Waals surface area contributed by atoms with Gasteiger partial charge in [0.1, 0.15) is 5.75 Å². The van der Waals surface area contributed by atoms with Crippen molar-refractivity contribution in [2.45, 2.75) is 12.3 Å². The Balaban J connectivity index is 0.00000112. The molecule has 2 rings (SSSR count). The van der Waals surface area contributed by atoms with Gasteiger partial charge in [-0.25, -0.2) is 0 Å². The summed E-state index contributed by atoms with van der Waals surface area (Å²) in [4.78, 5) is 0. The Hall–Kier alpha value is -0.250. The molecule has 1 fully saturated rings. The molecule has 0 saturated carbocycles. The molecule has 1 unspecified atom stereocenters. The van der Waals surface area contributed by atoms with Crippen molar-refractivity contribution in [3.05, 3.63) is 28.2 Å². The predicted molar refractivity (Wildman–Crippen MR) is 68.2 cm³/mol. The second kappa shape index (κ2) is 5.73. The van der Waals surface area contributed by atoms with Gasteiger partial charge in [-0.15, -0.1) is 12.4 Å². The van der Waals surface area contributed by atoms with Gasteiger partial charge in [0.15, 0.2) is 0 Å². The van der Waals surface area contributed by atoms with Crippen LogP contribution in [0.5, 0.6) is 5.75 Å². The molecule has 1 aliphatic heterocycles. The molecule has 1 aromatic carbocycles. The number of rotatable bonds is 2. The number of hydrogen-bond donors (Lipinski definition) is 1. The Bertz CT molecular complexity index is 326. The summed E-state index contributed by atoms with van der Waals surface area (Å²) < 4.78 is 6.46. The van der Waals surface area contributed by atoms with Crippen molar-refractivity contribution in [3.63, 3.8) is 0 Å². The number of hydrogen-bond acceptors (Lipinski definition) is 2. The lowest BCUT2D eigenvalue weighted by Gasteiger charge is -2.14. The topological polar surface area (TPSA) is 21.3 Å². The summed E-state index contributed by atoms with van der Waals surface area (Å²) >= 11 is 3.51. The first-order valence-electron chi connectivity index (χ1n) is 4.86. The quantitative estimate of drug-likeness (QED) is 0.905. The Kier molecular flexibility index (Phi) is 4.90. The maximum Gasteiger partial charge on any atom is 0.136 e. The van der Waals surface area contributed by atoms with Crippen molar-refractivity contribution in [2.24, 2.45) is 0 Å². The molecule has 1 heterocycles. The molecule has 4 heteroatoms. The standard InChI is InChI=1S/C11H14BrNO.ClH/c1-14-11-9(3-2-4-10(11)12)8-5-6-13-7-8;/h2-4,8,13H,5-7H2,1H3;1H. The van der Waals surface area contributed by atoms with Gasteiger partial charge in [-0.05, 0) is 40.5 Å². The highest BCUT2D eigenvalue weighted by Crippen LogP contribution is 2.35. The summed E-state index contributed by atoms with van der Waals surface area (Å²) in [6, 6.07) is 6.24. The van der Waals surface area contributed by atoms with E-state index >= 15 is 0 Å². The fraction of sp³-hybridized carbons (Fsp3) is 0.455. The van der Waals surface area contributed by atoms with E-state index in [-0.39, 0.29) is 12.4 Å². The molecule has 1 saturated heterocycles. The average molecular weight is 293 g/mol. The summed E-state index contributed by atoms with van der Waals surface area (Å²) in [6.07, 6.45) is 1.20. The van der Waals surface area contributed by atoms with Crippen LogP contribution in [-0.4, -0.2) is 20.2 Å². The fourth-order valence-corrected chi connectivity index (χ4v) is 2.53. The summed E-state index contributed by atoms with van der Waals surface area (Å²) in [6.45, 7) is 2.17. The van der Waals surface area contributed by atoms with E-state index in [1.165, 1.54) is 12.0 Å². The van der Waals surface area contributed by atoms with E-state index < -0.39 is 0 Å².